The zero-order valence-electron chi connectivity index (χ0n) is 8.21. The summed E-state index contributed by atoms with van der Waals surface area (Å²) in [6.45, 7) is 6.85. The van der Waals surface area contributed by atoms with Crippen LogP contribution >= 0.6 is 0 Å². The van der Waals surface area contributed by atoms with Crippen molar-refractivity contribution in [2.75, 3.05) is 26.2 Å². The lowest BCUT2D eigenvalue weighted by atomic mass is 9.91. The molecule has 1 N–H and O–H groups in total. The normalized spacial score (nSPS) is 35.2. The van der Waals surface area contributed by atoms with E-state index in [0.29, 0.717) is 0 Å². The van der Waals surface area contributed by atoms with Crippen molar-refractivity contribution >= 4 is 0 Å². The first-order valence-electron chi connectivity index (χ1n) is 5.01. The summed E-state index contributed by atoms with van der Waals surface area (Å²) in [6, 6.07) is 0. The molecule has 0 aromatic carbocycles. The maximum absolute atomic E-state index is 3.38. The van der Waals surface area contributed by atoms with E-state index >= 15 is 0 Å². The van der Waals surface area contributed by atoms with Gasteiger partial charge in [-0.15, -0.1) is 0 Å². The smallest absolute Gasteiger partial charge is 0.0407 e. The molecule has 2 nitrogen and oxygen atoms in total. The first-order chi connectivity index (χ1) is 6.31. The van der Waals surface area contributed by atoms with Gasteiger partial charge in [-0.1, -0.05) is 18.2 Å². The lowest BCUT2D eigenvalue weighted by Gasteiger charge is -2.42. The molecule has 0 spiro atoms. The number of allylic oxidation sites excluding steroid dienone is 2. The van der Waals surface area contributed by atoms with E-state index in [2.05, 4.69) is 35.4 Å². The van der Waals surface area contributed by atoms with Gasteiger partial charge in [0.05, 0.1) is 0 Å². The van der Waals surface area contributed by atoms with E-state index in [0.717, 1.165) is 32.6 Å². The van der Waals surface area contributed by atoms with Crippen LogP contribution in [0.5, 0.6) is 0 Å². The molecule has 0 aromatic rings. The molecule has 2 aliphatic rings. The van der Waals surface area contributed by atoms with Crippen molar-refractivity contribution in [1.29, 1.82) is 0 Å². The average Bonchev–Trinajstić information content (AvgIpc) is 2.20. The number of hydrogen-bond acceptors (Lipinski definition) is 2. The number of nitrogens with one attached hydrogen (secondary N) is 1. The molecule has 0 amide bonds. The minimum absolute atomic E-state index is 0.219. The standard InChI is InChI=1S/C11H17N2/c1-11(5-3-2-4-6-11)13-9-7-12-8-10-13/h2-3,5,12H,6-10H2,1H3. The number of piperazine rings is 1. The minimum atomic E-state index is 0.219. The van der Waals surface area contributed by atoms with E-state index in [-0.39, 0.29) is 5.54 Å². The number of nitrogens with zero attached hydrogens (tertiary/aromatic N) is 1. The van der Waals surface area contributed by atoms with Crippen LogP contribution in [0.2, 0.25) is 0 Å². The molecule has 1 saturated heterocycles. The van der Waals surface area contributed by atoms with Gasteiger partial charge in [0, 0.05) is 31.7 Å². The third kappa shape index (κ3) is 1.84. The fraction of sp³-hybridized carbons (Fsp3) is 0.636. The highest BCUT2D eigenvalue weighted by Gasteiger charge is 2.29. The molecule has 2 rings (SSSR count). The Bertz CT molecular complexity index is 226. The summed E-state index contributed by atoms with van der Waals surface area (Å²) in [5.74, 6) is 0. The first-order valence-corrected chi connectivity index (χ1v) is 5.01. The molecule has 1 aliphatic carbocycles. The van der Waals surface area contributed by atoms with Gasteiger partial charge in [0.15, 0.2) is 0 Å². The Kier molecular flexibility index (Phi) is 2.51. The van der Waals surface area contributed by atoms with Crippen molar-refractivity contribution in [3.05, 3.63) is 24.3 Å². The number of rotatable bonds is 1. The molecule has 1 fully saturated rings. The Hall–Kier alpha value is -0.600. The molecular weight excluding hydrogens is 160 g/mol. The molecule has 1 radical (unpaired) electrons. The van der Waals surface area contributed by atoms with Gasteiger partial charge in [-0.05, 0) is 19.4 Å². The largest absolute Gasteiger partial charge is 0.314 e. The minimum Gasteiger partial charge on any atom is -0.314 e. The first kappa shape index (κ1) is 8.97. The van der Waals surface area contributed by atoms with Crippen LogP contribution in [0.3, 0.4) is 0 Å². The van der Waals surface area contributed by atoms with Crippen LogP contribution in [0.15, 0.2) is 18.2 Å². The second kappa shape index (κ2) is 3.64. The molecule has 1 unspecified atom stereocenters. The van der Waals surface area contributed by atoms with Crippen molar-refractivity contribution < 1.29 is 0 Å². The van der Waals surface area contributed by atoms with Crippen molar-refractivity contribution in [3.63, 3.8) is 0 Å². The van der Waals surface area contributed by atoms with Crippen molar-refractivity contribution in [2.24, 2.45) is 0 Å². The summed E-state index contributed by atoms with van der Waals surface area (Å²) in [6.07, 6.45) is 10.8. The highest BCUT2D eigenvalue weighted by atomic mass is 15.2. The third-order valence-corrected chi connectivity index (χ3v) is 2.97. The van der Waals surface area contributed by atoms with E-state index in [1.54, 1.807) is 0 Å². The van der Waals surface area contributed by atoms with E-state index in [1.165, 1.54) is 0 Å². The summed E-state index contributed by atoms with van der Waals surface area (Å²) < 4.78 is 0. The van der Waals surface area contributed by atoms with Crippen molar-refractivity contribution in [1.82, 2.24) is 10.2 Å². The van der Waals surface area contributed by atoms with Crippen LogP contribution in [-0.4, -0.2) is 36.6 Å². The quantitative estimate of drug-likeness (QED) is 0.642. The summed E-state index contributed by atoms with van der Waals surface area (Å²) in [5, 5.41) is 3.38. The summed E-state index contributed by atoms with van der Waals surface area (Å²) >= 11 is 0. The molecular formula is C11H17N2. The van der Waals surface area contributed by atoms with Gasteiger partial charge in [-0.25, -0.2) is 0 Å². The van der Waals surface area contributed by atoms with Crippen LogP contribution in [0.1, 0.15) is 13.3 Å². The maximum atomic E-state index is 3.38. The monoisotopic (exact) mass is 177 g/mol. The predicted octanol–water partition coefficient (Wildman–Crippen LogP) is 0.970. The highest BCUT2D eigenvalue weighted by molar-refractivity contribution is 5.17. The van der Waals surface area contributed by atoms with Gasteiger partial charge in [0.1, 0.15) is 0 Å². The summed E-state index contributed by atoms with van der Waals surface area (Å²) in [7, 11) is 0. The second-order valence-electron chi connectivity index (χ2n) is 4.00. The molecule has 0 saturated carbocycles. The van der Waals surface area contributed by atoms with E-state index in [9.17, 15) is 0 Å². The third-order valence-electron chi connectivity index (χ3n) is 2.97. The van der Waals surface area contributed by atoms with Gasteiger partial charge in [0.2, 0.25) is 0 Å². The van der Waals surface area contributed by atoms with E-state index < -0.39 is 0 Å². The van der Waals surface area contributed by atoms with Crippen molar-refractivity contribution in [2.45, 2.75) is 18.9 Å². The molecule has 1 heterocycles. The van der Waals surface area contributed by atoms with E-state index in [4.69, 9.17) is 0 Å². The van der Waals surface area contributed by atoms with Crippen LogP contribution in [0.4, 0.5) is 0 Å². The molecule has 13 heavy (non-hydrogen) atoms. The molecule has 1 aliphatic heterocycles. The Morgan fingerprint density at radius 3 is 2.77 bits per heavy atom. The zero-order valence-corrected chi connectivity index (χ0v) is 8.21. The van der Waals surface area contributed by atoms with Crippen LogP contribution < -0.4 is 5.32 Å². The van der Waals surface area contributed by atoms with Crippen LogP contribution in [-0.2, 0) is 0 Å². The predicted molar refractivity (Wildman–Crippen MR) is 54.4 cm³/mol. The summed E-state index contributed by atoms with van der Waals surface area (Å²) in [4.78, 5) is 2.54. The van der Waals surface area contributed by atoms with Crippen LogP contribution in [0, 0.1) is 6.08 Å². The highest BCUT2D eigenvalue weighted by Crippen LogP contribution is 2.24. The van der Waals surface area contributed by atoms with Gasteiger partial charge in [-0.3, -0.25) is 4.90 Å². The molecule has 71 valence electrons. The Morgan fingerprint density at radius 1 is 1.38 bits per heavy atom. The van der Waals surface area contributed by atoms with Gasteiger partial charge in [0.25, 0.3) is 0 Å². The Morgan fingerprint density at radius 2 is 2.15 bits per heavy atom. The fourth-order valence-electron chi connectivity index (χ4n) is 2.04. The second-order valence-corrected chi connectivity index (χ2v) is 4.00. The maximum Gasteiger partial charge on any atom is 0.0407 e. The lowest BCUT2D eigenvalue weighted by molar-refractivity contribution is 0.127. The molecule has 0 aromatic heterocycles. The summed E-state index contributed by atoms with van der Waals surface area (Å²) in [5.41, 5.74) is 0.219. The SMILES string of the molecule is CC1(N2CCNCC2)C=CC=[C]C1. The van der Waals surface area contributed by atoms with Crippen molar-refractivity contribution in [3.8, 4) is 0 Å². The molecule has 2 heteroatoms. The molecule has 0 bridgehead atoms. The van der Waals surface area contributed by atoms with Gasteiger partial charge >= 0.3 is 0 Å². The van der Waals surface area contributed by atoms with Gasteiger partial charge < -0.3 is 5.32 Å². The number of hydrogen-bond donors (Lipinski definition) is 1. The fourth-order valence-corrected chi connectivity index (χ4v) is 2.04. The Balaban J connectivity index is 2.04. The van der Waals surface area contributed by atoms with E-state index in [1.807, 2.05) is 6.08 Å². The van der Waals surface area contributed by atoms with Crippen LogP contribution in [0.25, 0.3) is 0 Å². The average molecular weight is 177 g/mol. The zero-order chi connectivity index (χ0) is 9.15. The Labute approximate surface area is 80.3 Å². The molecule has 1 atom stereocenters. The van der Waals surface area contributed by atoms with Gasteiger partial charge in [-0.2, -0.15) is 0 Å². The topological polar surface area (TPSA) is 15.3 Å². The lowest BCUT2D eigenvalue weighted by Crippen LogP contribution is -2.54.